The standard InChI is InChI=1S/C6H12N2O/c1-2-9-4-5-3-7-8-6(1)5/h5-8H,1-4H2. The highest BCUT2D eigenvalue weighted by Gasteiger charge is 2.29. The predicted octanol–water partition coefficient (Wildman–Crippen LogP) is -0.501. The van der Waals surface area contributed by atoms with E-state index < -0.39 is 0 Å². The van der Waals surface area contributed by atoms with Crippen LogP contribution in [-0.2, 0) is 4.74 Å². The minimum absolute atomic E-state index is 0.679. The quantitative estimate of drug-likeness (QED) is 0.461. The van der Waals surface area contributed by atoms with Gasteiger partial charge in [0.2, 0.25) is 0 Å². The van der Waals surface area contributed by atoms with Crippen molar-refractivity contribution in [3.8, 4) is 0 Å². The summed E-state index contributed by atoms with van der Waals surface area (Å²) in [5, 5.41) is 0. The fraction of sp³-hybridized carbons (Fsp3) is 1.00. The van der Waals surface area contributed by atoms with E-state index >= 15 is 0 Å². The Morgan fingerprint density at radius 3 is 3.33 bits per heavy atom. The summed E-state index contributed by atoms with van der Waals surface area (Å²) in [6.07, 6.45) is 1.16. The van der Waals surface area contributed by atoms with E-state index in [9.17, 15) is 0 Å². The van der Waals surface area contributed by atoms with Crippen LogP contribution in [-0.4, -0.2) is 25.8 Å². The lowest BCUT2D eigenvalue weighted by atomic mass is 9.99. The summed E-state index contributed by atoms with van der Waals surface area (Å²) in [4.78, 5) is 0. The highest BCUT2D eigenvalue weighted by atomic mass is 16.5. The molecule has 0 saturated carbocycles. The minimum Gasteiger partial charge on any atom is -0.381 e. The van der Waals surface area contributed by atoms with Crippen molar-refractivity contribution >= 4 is 0 Å². The van der Waals surface area contributed by atoms with Gasteiger partial charge >= 0.3 is 0 Å². The molecule has 0 aromatic heterocycles. The van der Waals surface area contributed by atoms with Gasteiger partial charge < -0.3 is 4.74 Å². The Kier molecular flexibility index (Phi) is 1.41. The normalized spacial score (nSPS) is 42.7. The molecule has 3 nitrogen and oxygen atoms in total. The highest BCUT2D eigenvalue weighted by molar-refractivity contribution is 4.84. The zero-order valence-corrected chi connectivity index (χ0v) is 5.39. The first-order valence-electron chi connectivity index (χ1n) is 3.53. The number of fused-ring (bicyclic) bond motifs is 1. The maximum atomic E-state index is 5.30. The van der Waals surface area contributed by atoms with Crippen LogP contribution < -0.4 is 10.9 Å². The van der Waals surface area contributed by atoms with Crippen LogP contribution >= 0.6 is 0 Å². The summed E-state index contributed by atoms with van der Waals surface area (Å²) < 4.78 is 5.30. The summed E-state index contributed by atoms with van der Waals surface area (Å²) in [6, 6.07) is 0.679. The zero-order valence-electron chi connectivity index (χ0n) is 5.39. The van der Waals surface area contributed by atoms with Gasteiger partial charge in [0.15, 0.2) is 0 Å². The molecule has 9 heavy (non-hydrogen) atoms. The molecule has 0 bridgehead atoms. The lowest BCUT2D eigenvalue weighted by Crippen LogP contribution is -2.36. The number of ether oxygens (including phenoxy) is 1. The molecule has 0 spiro atoms. The second-order valence-electron chi connectivity index (χ2n) is 2.76. The van der Waals surface area contributed by atoms with Gasteiger partial charge in [0, 0.05) is 25.1 Å². The second-order valence-corrected chi connectivity index (χ2v) is 2.76. The third-order valence-electron chi connectivity index (χ3n) is 2.13. The molecule has 2 aliphatic heterocycles. The van der Waals surface area contributed by atoms with Crippen molar-refractivity contribution in [2.45, 2.75) is 12.5 Å². The fourth-order valence-electron chi connectivity index (χ4n) is 1.51. The lowest BCUT2D eigenvalue weighted by Gasteiger charge is -2.23. The van der Waals surface area contributed by atoms with Crippen LogP contribution in [0.3, 0.4) is 0 Å². The summed E-state index contributed by atoms with van der Waals surface area (Å²) in [6.45, 7) is 2.94. The molecule has 2 heterocycles. The van der Waals surface area contributed by atoms with Gasteiger partial charge in [-0.05, 0) is 6.42 Å². The third kappa shape index (κ3) is 0.956. The van der Waals surface area contributed by atoms with Crippen LogP contribution in [0.25, 0.3) is 0 Å². The molecule has 3 heteroatoms. The number of hydrogen-bond acceptors (Lipinski definition) is 3. The minimum atomic E-state index is 0.679. The SMILES string of the molecule is C1CC2NNCC2CO1. The molecular formula is C6H12N2O. The summed E-state index contributed by atoms with van der Waals surface area (Å²) in [7, 11) is 0. The fourth-order valence-corrected chi connectivity index (χ4v) is 1.51. The van der Waals surface area contributed by atoms with E-state index in [2.05, 4.69) is 10.9 Å². The monoisotopic (exact) mass is 128 g/mol. The van der Waals surface area contributed by atoms with Crippen LogP contribution in [0.2, 0.25) is 0 Å². The molecular weight excluding hydrogens is 116 g/mol. The molecule has 0 aliphatic carbocycles. The first-order chi connectivity index (χ1) is 4.47. The molecule has 2 aliphatic rings. The average molecular weight is 128 g/mol. The molecule has 0 aromatic carbocycles. The van der Waals surface area contributed by atoms with E-state index in [4.69, 9.17) is 4.74 Å². The van der Waals surface area contributed by atoms with Gasteiger partial charge in [-0.25, -0.2) is 0 Å². The Morgan fingerprint density at radius 2 is 2.44 bits per heavy atom. The maximum Gasteiger partial charge on any atom is 0.0522 e. The van der Waals surface area contributed by atoms with Crippen molar-refractivity contribution in [2.75, 3.05) is 19.8 Å². The average Bonchev–Trinajstić information content (AvgIpc) is 2.33. The third-order valence-corrected chi connectivity index (χ3v) is 2.13. The van der Waals surface area contributed by atoms with E-state index in [1.165, 1.54) is 0 Å². The first-order valence-corrected chi connectivity index (χ1v) is 3.53. The first kappa shape index (κ1) is 5.65. The maximum absolute atomic E-state index is 5.30. The smallest absolute Gasteiger partial charge is 0.0522 e. The Labute approximate surface area is 54.7 Å². The Balaban J connectivity index is 1.97. The highest BCUT2D eigenvalue weighted by Crippen LogP contribution is 2.16. The van der Waals surface area contributed by atoms with Crippen molar-refractivity contribution < 1.29 is 4.74 Å². The van der Waals surface area contributed by atoms with Crippen LogP contribution in [0.5, 0.6) is 0 Å². The molecule has 0 aromatic rings. The predicted molar refractivity (Wildman–Crippen MR) is 33.9 cm³/mol. The molecule has 2 unspecified atom stereocenters. The van der Waals surface area contributed by atoms with E-state index in [1.54, 1.807) is 0 Å². The van der Waals surface area contributed by atoms with Crippen LogP contribution in [0.1, 0.15) is 6.42 Å². The summed E-state index contributed by atoms with van der Waals surface area (Å²) in [5.74, 6) is 0.721. The number of nitrogens with one attached hydrogen (secondary N) is 2. The van der Waals surface area contributed by atoms with Gasteiger partial charge in [0.05, 0.1) is 6.61 Å². The van der Waals surface area contributed by atoms with Gasteiger partial charge in [-0.3, -0.25) is 10.9 Å². The molecule has 52 valence electrons. The van der Waals surface area contributed by atoms with E-state index in [1.807, 2.05) is 0 Å². The van der Waals surface area contributed by atoms with Gasteiger partial charge in [-0.15, -0.1) is 0 Å². The molecule has 2 atom stereocenters. The van der Waals surface area contributed by atoms with Gasteiger partial charge in [0.1, 0.15) is 0 Å². The van der Waals surface area contributed by atoms with Gasteiger partial charge in [0.25, 0.3) is 0 Å². The number of hydrogen-bond donors (Lipinski definition) is 2. The molecule has 0 radical (unpaired) electrons. The van der Waals surface area contributed by atoms with Crippen LogP contribution in [0, 0.1) is 5.92 Å². The molecule has 2 saturated heterocycles. The molecule has 2 N–H and O–H groups in total. The van der Waals surface area contributed by atoms with E-state index in [0.717, 1.165) is 32.1 Å². The van der Waals surface area contributed by atoms with Gasteiger partial charge in [-0.2, -0.15) is 0 Å². The number of hydrazine groups is 1. The summed E-state index contributed by atoms with van der Waals surface area (Å²) in [5.41, 5.74) is 6.36. The van der Waals surface area contributed by atoms with E-state index in [0.29, 0.717) is 6.04 Å². The molecule has 0 amide bonds. The van der Waals surface area contributed by atoms with Crippen molar-refractivity contribution in [3.63, 3.8) is 0 Å². The summed E-state index contributed by atoms with van der Waals surface area (Å²) >= 11 is 0. The number of rotatable bonds is 0. The molecule has 2 rings (SSSR count). The Morgan fingerprint density at radius 1 is 1.44 bits per heavy atom. The second kappa shape index (κ2) is 2.25. The van der Waals surface area contributed by atoms with Crippen molar-refractivity contribution in [1.29, 1.82) is 0 Å². The molecule has 2 fully saturated rings. The Hall–Kier alpha value is -0.120. The van der Waals surface area contributed by atoms with E-state index in [-0.39, 0.29) is 0 Å². The van der Waals surface area contributed by atoms with Gasteiger partial charge in [-0.1, -0.05) is 0 Å². The topological polar surface area (TPSA) is 33.3 Å². The van der Waals surface area contributed by atoms with Crippen molar-refractivity contribution in [2.24, 2.45) is 5.92 Å². The van der Waals surface area contributed by atoms with Crippen LogP contribution in [0.4, 0.5) is 0 Å². The zero-order chi connectivity index (χ0) is 6.10. The largest absolute Gasteiger partial charge is 0.381 e. The Bertz CT molecular complexity index is 95.2. The van der Waals surface area contributed by atoms with Crippen molar-refractivity contribution in [3.05, 3.63) is 0 Å². The van der Waals surface area contributed by atoms with Crippen molar-refractivity contribution in [1.82, 2.24) is 10.9 Å². The lowest BCUT2D eigenvalue weighted by molar-refractivity contribution is 0.0516. The van der Waals surface area contributed by atoms with Crippen LogP contribution in [0.15, 0.2) is 0 Å².